The first-order chi connectivity index (χ1) is 8.03. The lowest BCUT2D eigenvalue weighted by molar-refractivity contribution is -0.125. The summed E-state index contributed by atoms with van der Waals surface area (Å²) < 4.78 is 0. The monoisotopic (exact) mass is 234 g/mol. The molecule has 0 bridgehead atoms. The standard InChI is InChI=1S/C13H18N2O2/c1-13(2)9-15(14-12(13)17)11-5-3-10(4-6-11)7-8-16/h3-6,16H,7-9H2,1-2H3,(H,14,17). The molecule has 1 saturated heterocycles. The highest BCUT2D eigenvalue weighted by Crippen LogP contribution is 2.26. The van der Waals surface area contributed by atoms with Crippen LogP contribution in [0.4, 0.5) is 5.69 Å². The second-order valence-electron chi connectivity index (χ2n) is 5.05. The number of aliphatic hydroxyl groups is 1. The number of aliphatic hydroxyl groups excluding tert-OH is 1. The van der Waals surface area contributed by atoms with E-state index >= 15 is 0 Å². The number of hydrazine groups is 1. The van der Waals surface area contributed by atoms with Crippen molar-refractivity contribution in [1.29, 1.82) is 0 Å². The van der Waals surface area contributed by atoms with Gasteiger partial charge in [0.15, 0.2) is 0 Å². The first kappa shape index (κ1) is 11.9. The van der Waals surface area contributed by atoms with E-state index in [9.17, 15) is 4.79 Å². The van der Waals surface area contributed by atoms with E-state index in [2.05, 4.69) is 5.43 Å². The Bertz CT molecular complexity index is 412. The predicted molar refractivity (Wildman–Crippen MR) is 66.5 cm³/mol. The van der Waals surface area contributed by atoms with Gasteiger partial charge >= 0.3 is 0 Å². The van der Waals surface area contributed by atoms with Crippen LogP contribution in [0, 0.1) is 5.41 Å². The summed E-state index contributed by atoms with van der Waals surface area (Å²) >= 11 is 0. The number of hydrogen-bond donors (Lipinski definition) is 2. The molecule has 1 aliphatic rings. The van der Waals surface area contributed by atoms with Crippen molar-refractivity contribution >= 4 is 11.6 Å². The van der Waals surface area contributed by atoms with Gasteiger partial charge < -0.3 is 5.11 Å². The van der Waals surface area contributed by atoms with Crippen LogP contribution in [0.5, 0.6) is 0 Å². The molecule has 2 N–H and O–H groups in total. The smallest absolute Gasteiger partial charge is 0.246 e. The van der Waals surface area contributed by atoms with Crippen molar-refractivity contribution < 1.29 is 9.90 Å². The summed E-state index contributed by atoms with van der Waals surface area (Å²) in [6.07, 6.45) is 0.665. The number of nitrogens with one attached hydrogen (secondary N) is 1. The van der Waals surface area contributed by atoms with Gasteiger partial charge in [0.25, 0.3) is 0 Å². The van der Waals surface area contributed by atoms with E-state index in [1.807, 2.05) is 43.1 Å². The average molecular weight is 234 g/mol. The molecule has 1 heterocycles. The maximum absolute atomic E-state index is 11.7. The van der Waals surface area contributed by atoms with Crippen LogP contribution in [0.15, 0.2) is 24.3 Å². The van der Waals surface area contributed by atoms with Gasteiger partial charge in [-0.2, -0.15) is 0 Å². The third kappa shape index (κ3) is 2.42. The van der Waals surface area contributed by atoms with E-state index in [-0.39, 0.29) is 17.9 Å². The Balaban J connectivity index is 2.11. The van der Waals surface area contributed by atoms with Crippen molar-refractivity contribution in [3.63, 3.8) is 0 Å². The first-order valence-electron chi connectivity index (χ1n) is 5.81. The van der Waals surface area contributed by atoms with Crippen LogP contribution >= 0.6 is 0 Å². The van der Waals surface area contributed by atoms with Crippen LogP contribution < -0.4 is 10.4 Å². The van der Waals surface area contributed by atoms with E-state index in [1.165, 1.54) is 0 Å². The largest absolute Gasteiger partial charge is 0.396 e. The summed E-state index contributed by atoms with van der Waals surface area (Å²) in [5, 5.41) is 10.7. The molecule has 0 unspecified atom stereocenters. The Labute approximate surface area is 101 Å². The lowest BCUT2D eigenvalue weighted by Gasteiger charge is -2.19. The van der Waals surface area contributed by atoms with Gasteiger partial charge in [0.2, 0.25) is 5.91 Å². The van der Waals surface area contributed by atoms with E-state index in [1.54, 1.807) is 0 Å². The van der Waals surface area contributed by atoms with Crippen LogP contribution in [-0.2, 0) is 11.2 Å². The zero-order valence-electron chi connectivity index (χ0n) is 10.2. The van der Waals surface area contributed by atoms with Crippen LogP contribution in [0.3, 0.4) is 0 Å². The van der Waals surface area contributed by atoms with Gasteiger partial charge in [-0.3, -0.25) is 15.2 Å². The minimum Gasteiger partial charge on any atom is -0.396 e. The summed E-state index contributed by atoms with van der Waals surface area (Å²) in [6, 6.07) is 7.88. The molecule has 0 saturated carbocycles. The Morgan fingerprint density at radius 2 is 2.00 bits per heavy atom. The Morgan fingerprint density at radius 1 is 1.35 bits per heavy atom. The molecular formula is C13H18N2O2. The number of benzene rings is 1. The predicted octanol–water partition coefficient (Wildman–Crippen LogP) is 1.10. The average Bonchev–Trinajstić information content (AvgIpc) is 2.55. The van der Waals surface area contributed by atoms with E-state index in [0.717, 1.165) is 11.3 Å². The highest BCUT2D eigenvalue weighted by Gasteiger charge is 2.37. The van der Waals surface area contributed by atoms with Crippen molar-refractivity contribution in [3.05, 3.63) is 29.8 Å². The van der Waals surface area contributed by atoms with Gasteiger partial charge in [-0.1, -0.05) is 12.1 Å². The fraction of sp³-hybridized carbons (Fsp3) is 0.462. The zero-order chi connectivity index (χ0) is 12.5. The number of amides is 1. The number of hydrogen-bond acceptors (Lipinski definition) is 3. The summed E-state index contributed by atoms with van der Waals surface area (Å²) in [5.41, 5.74) is 4.59. The molecular weight excluding hydrogens is 216 g/mol. The molecule has 0 radical (unpaired) electrons. The Kier molecular flexibility index (Phi) is 3.07. The van der Waals surface area contributed by atoms with Gasteiger partial charge in [0.05, 0.1) is 17.6 Å². The van der Waals surface area contributed by atoms with Crippen LogP contribution in [0.2, 0.25) is 0 Å². The SMILES string of the molecule is CC1(C)CN(c2ccc(CCO)cc2)NC1=O. The number of nitrogens with zero attached hydrogens (tertiary/aromatic N) is 1. The molecule has 1 aromatic carbocycles. The maximum atomic E-state index is 11.7. The molecule has 1 amide bonds. The number of rotatable bonds is 3. The first-order valence-corrected chi connectivity index (χ1v) is 5.81. The number of carbonyl (C=O) groups is 1. The van der Waals surface area contributed by atoms with Gasteiger partial charge in [0, 0.05) is 6.61 Å². The number of anilines is 1. The maximum Gasteiger partial charge on any atom is 0.246 e. The van der Waals surface area contributed by atoms with Crippen molar-refractivity contribution in [2.24, 2.45) is 5.41 Å². The van der Waals surface area contributed by atoms with Gasteiger partial charge in [-0.25, -0.2) is 0 Å². The van der Waals surface area contributed by atoms with E-state index < -0.39 is 0 Å². The highest BCUT2D eigenvalue weighted by atomic mass is 16.3. The third-order valence-corrected chi connectivity index (χ3v) is 3.05. The van der Waals surface area contributed by atoms with E-state index in [0.29, 0.717) is 13.0 Å². The van der Waals surface area contributed by atoms with Crippen molar-refractivity contribution in [2.45, 2.75) is 20.3 Å². The van der Waals surface area contributed by atoms with Crippen molar-refractivity contribution in [3.8, 4) is 0 Å². The quantitative estimate of drug-likeness (QED) is 0.823. The second-order valence-corrected chi connectivity index (χ2v) is 5.05. The Hall–Kier alpha value is -1.55. The molecule has 4 nitrogen and oxygen atoms in total. The molecule has 1 fully saturated rings. The Morgan fingerprint density at radius 3 is 2.47 bits per heavy atom. The van der Waals surface area contributed by atoms with Crippen LogP contribution in [0.25, 0.3) is 0 Å². The molecule has 2 rings (SSSR count). The molecule has 1 aromatic rings. The molecule has 0 atom stereocenters. The fourth-order valence-electron chi connectivity index (χ4n) is 1.91. The molecule has 0 spiro atoms. The summed E-state index contributed by atoms with van der Waals surface area (Å²) in [7, 11) is 0. The molecule has 92 valence electrons. The normalized spacial score (nSPS) is 18.3. The van der Waals surface area contributed by atoms with Gasteiger partial charge in [-0.05, 0) is 38.0 Å². The highest BCUT2D eigenvalue weighted by molar-refractivity contribution is 5.87. The molecule has 17 heavy (non-hydrogen) atoms. The summed E-state index contributed by atoms with van der Waals surface area (Å²) in [5.74, 6) is 0.0527. The molecule has 4 heteroatoms. The lowest BCUT2D eigenvalue weighted by atomic mass is 9.94. The molecule has 1 aliphatic heterocycles. The van der Waals surface area contributed by atoms with Gasteiger partial charge in [-0.15, -0.1) is 0 Å². The number of carbonyl (C=O) groups excluding carboxylic acids is 1. The van der Waals surface area contributed by atoms with E-state index in [4.69, 9.17) is 5.11 Å². The molecule has 0 aliphatic carbocycles. The van der Waals surface area contributed by atoms with Gasteiger partial charge in [0.1, 0.15) is 0 Å². The zero-order valence-corrected chi connectivity index (χ0v) is 10.2. The fourth-order valence-corrected chi connectivity index (χ4v) is 1.91. The summed E-state index contributed by atoms with van der Waals surface area (Å²) in [4.78, 5) is 11.7. The minimum absolute atomic E-state index is 0.0527. The summed E-state index contributed by atoms with van der Waals surface area (Å²) in [6.45, 7) is 4.70. The second kappa shape index (κ2) is 4.37. The van der Waals surface area contributed by atoms with Crippen molar-refractivity contribution in [1.82, 2.24) is 5.43 Å². The molecule has 0 aromatic heterocycles. The van der Waals surface area contributed by atoms with Crippen LogP contribution in [-0.4, -0.2) is 24.2 Å². The minimum atomic E-state index is -0.343. The van der Waals surface area contributed by atoms with Crippen LogP contribution in [0.1, 0.15) is 19.4 Å². The lowest BCUT2D eigenvalue weighted by Crippen LogP contribution is -2.33. The van der Waals surface area contributed by atoms with Crippen molar-refractivity contribution in [2.75, 3.05) is 18.2 Å². The topological polar surface area (TPSA) is 52.6 Å². The third-order valence-electron chi connectivity index (χ3n) is 3.05.